The van der Waals surface area contributed by atoms with E-state index in [4.69, 9.17) is 53.1 Å². The molecular weight excluding hydrogens is 449 g/mol. The third-order valence-electron chi connectivity index (χ3n) is 7.06. The predicted octanol–water partition coefficient (Wildman–Crippen LogP) is -4.78. The molecule has 0 unspecified atom stereocenters. The smallest absolute Gasteiger partial charge is 0.142 e. The Morgan fingerprint density at radius 1 is 0.912 bits per heavy atom. The lowest BCUT2D eigenvalue weighted by Gasteiger charge is -2.27. The van der Waals surface area contributed by atoms with Crippen LogP contribution in [0, 0.1) is 5.92 Å². The van der Waals surface area contributed by atoms with Gasteiger partial charge in [0.2, 0.25) is 0 Å². The lowest BCUT2D eigenvalue weighted by atomic mass is 9.74. The van der Waals surface area contributed by atoms with E-state index >= 15 is 0 Å². The number of aliphatic hydroxyl groups is 8. The van der Waals surface area contributed by atoms with Gasteiger partial charge in [-0.25, -0.2) is 0 Å². The number of rotatable bonds is 3. The van der Waals surface area contributed by atoms with Crippen LogP contribution < -0.4 is 0 Å². The van der Waals surface area contributed by atoms with Crippen molar-refractivity contribution in [1.29, 1.82) is 0 Å². The summed E-state index contributed by atoms with van der Waals surface area (Å²) in [6.45, 7) is 5.85. The van der Waals surface area contributed by atoms with Crippen molar-refractivity contribution in [1.82, 2.24) is 0 Å². The molecule has 8 N–H and O–H groups in total. The van der Waals surface area contributed by atoms with Crippen molar-refractivity contribution < 1.29 is 55.1 Å². The summed E-state index contributed by atoms with van der Waals surface area (Å²) in [5.74, 6) is -1.17. The lowest BCUT2D eigenvalue weighted by molar-refractivity contribution is -0.136. The van der Waals surface area contributed by atoms with Crippen molar-refractivity contribution in [3.05, 3.63) is 12.2 Å². The first-order valence-corrected chi connectivity index (χ1v) is 10.8. The normalized spacial score (nSPS) is 51.6. The zero-order valence-electron chi connectivity index (χ0n) is 19.3. The highest BCUT2D eigenvalue weighted by molar-refractivity contribution is 6.15. The van der Waals surface area contributed by atoms with Crippen LogP contribution in [0.15, 0.2) is 12.2 Å². The first kappa shape index (κ1) is 29.7. The zero-order valence-corrected chi connectivity index (χ0v) is 19.3. The number of hydrogen-bond donors (Lipinski definition) is 8. The van der Waals surface area contributed by atoms with Crippen molar-refractivity contribution in [2.75, 3.05) is 26.4 Å². The molecule has 4 aliphatic rings. The fraction of sp³-hybridized carbons (Fsp3) is 0.900. The summed E-state index contributed by atoms with van der Waals surface area (Å²) in [4.78, 5) is 0. The molecule has 4 fully saturated rings. The van der Waals surface area contributed by atoms with Gasteiger partial charge in [0.1, 0.15) is 51.3 Å². The highest BCUT2D eigenvalue weighted by Crippen LogP contribution is 2.45. The quantitative estimate of drug-likeness (QED) is 0.143. The van der Waals surface area contributed by atoms with E-state index in [9.17, 15) is 25.5 Å². The van der Waals surface area contributed by atoms with Gasteiger partial charge in [0.05, 0.1) is 46.0 Å². The maximum atomic E-state index is 9.66. The third kappa shape index (κ3) is 5.14. The molecule has 14 heteroatoms. The van der Waals surface area contributed by atoms with Crippen molar-refractivity contribution >= 4 is 23.5 Å². The molecule has 4 rings (SSSR count). The molecule has 0 amide bonds. The van der Waals surface area contributed by atoms with E-state index in [1.807, 2.05) is 0 Å². The first-order valence-electron chi connectivity index (χ1n) is 10.8. The summed E-state index contributed by atoms with van der Waals surface area (Å²) >= 11 is 0. The molecule has 11 nitrogen and oxygen atoms in total. The Labute approximate surface area is 202 Å². The van der Waals surface area contributed by atoms with Crippen molar-refractivity contribution in [2.24, 2.45) is 5.92 Å². The van der Waals surface area contributed by atoms with Gasteiger partial charge in [-0.1, -0.05) is 12.2 Å². The van der Waals surface area contributed by atoms with E-state index < -0.39 is 71.1 Å². The molecule has 188 valence electrons. The average Bonchev–Trinajstić information content (AvgIpc) is 3.36. The number of aliphatic hydroxyl groups excluding tert-OH is 6. The van der Waals surface area contributed by atoms with E-state index in [2.05, 4.69) is 6.58 Å². The minimum atomic E-state index is -1.45. The van der Waals surface area contributed by atoms with Crippen LogP contribution in [0.5, 0.6) is 0 Å². The van der Waals surface area contributed by atoms with Crippen LogP contribution in [0.2, 0.25) is 5.82 Å². The maximum Gasteiger partial charge on any atom is 0.142 e. The topological polar surface area (TPSA) is 190 Å². The van der Waals surface area contributed by atoms with Gasteiger partial charge in [-0.2, -0.15) is 0 Å². The maximum absolute atomic E-state index is 9.66. The van der Waals surface area contributed by atoms with Crippen molar-refractivity contribution in [2.45, 2.75) is 79.0 Å². The van der Waals surface area contributed by atoms with E-state index in [0.29, 0.717) is 5.57 Å². The Bertz CT molecular complexity index is 709. The molecule has 34 heavy (non-hydrogen) atoms. The fourth-order valence-corrected chi connectivity index (χ4v) is 4.38. The second kappa shape index (κ2) is 10.9. The highest BCUT2D eigenvalue weighted by Gasteiger charge is 2.59. The van der Waals surface area contributed by atoms with Gasteiger partial charge in [0.15, 0.2) is 0 Å². The summed E-state index contributed by atoms with van der Waals surface area (Å²) in [7, 11) is 16.3. The largest absolute Gasteiger partial charge is 0.396 e. The Morgan fingerprint density at radius 3 is 1.71 bits per heavy atom. The monoisotopic (exact) mass is 482 g/mol. The van der Waals surface area contributed by atoms with Crippen LogP contribution in [-0.4, -0.2) is 150 Å². The SMILES string of the molecule is [B][C@@H]1C(=C)[C@H](CO)[C@@H](O)[C@@]1(C)O.[B][C@@H]1O[C@@]2(CO)CO[C@@H]1[C@@H]2O.[B][C@@H]1O[C@H](CO)[C@](C)(O)[C@H]1O. The van der Waals surface area contributed by atoms with Gasteiger partial charge in [0.25, 0.3) is 0 Å². The summed E-state index contributed by atoms with van der Waals surface area (Å²) in [6.07, 6.45) is -4.22. The van der Waals surface area contributed by atoms with Crippen LogP contribution in [-0.2, 0) is 14.2 Å². The number of hydrogen-bond acceptors (Lipinski definition) is 11. The molecule has 3 aliphatic heterocycles. The van der Waals surface area contributed by atoms with Crippen LogP contribution in [0.25, 0.3) is 0 Å². The van der Waals surface area contributed by atoms with Gasteiger partial charge < -0.3 is 55.1 Å². The van der Waals surface area contributed by atoms with E-state index in [-0.39, 0.29) is 26.4 Å². The van der Waals surface area contributed by atoms with Crippen LogP contribution in [0.4, 0.5) is 0 Å². The van der Waals surface area contributed by atoms with E-state index in [1.165, 1.54) is 13.8 Å². The highest BCUT2D eigenvalue weighted by atomic mass is 16.6. The number of ether oxygens (including phenoxy) is 3. The molecule has 3 heterocycles. The van der Waals surface area contributed by atoms with Gasteiger partial charge >= 0.3 is 0 Å². The van der Waals surface area contributed by atoms with Gasteiger partial charge in [0, 0.05) is 17.9 Å². The molecule has 2 bridgehead atoms. The minimum absolute atomic E-state index is 0.225. The van der Waals surface area contributed by atoms with Gasteiger partial charge in [-0.15, -0.1) is 0 Å². The standard InChI is InChI=1S/C8H13BO3.C6H9BO4.C6H11BO4/c1-4-5(3-10)7(11)8(2,12)6(4)9;7-5-3-4(9)6(1-8,11-5)2-10-3;1-6(10)3(2-8)11-5(7)4(6)9/h5-7,10-12H,1,3H2,2H3;3-5,8-9H,1-2H2;3-5,8-10H,2H2,1H3/t5-,6+,7+,8-;2*3-,4+,5-,6+/m011/s1. The van der Waals surface area contributed by atoms with Crippen molar-refractivity contribution in [3.63, 3.8) is 0 Å². The lowest BCUT2D eigenvalue weighted by Crippen LogP contribution is -2.46. The number of fused-ring (bicyclic) bond motifs is 2. The predicted molar refractivity (Wildman–Crippen MR) is 120 cm³/mol. The Hall–Kier alpha value is -0.505. The van der Waals surface area contributed by atoms with Crippen molar-refractivity contribution in [3.8, 4) is 0 Å². The minimum Gasteiger partial charge on any atom is -0.396 e. The molecule has 0 aromatic rings. The molecule has 0 aromatic carbocycles. The molecule has 12 atom stereocenters. The third-order valence-corrected chi connectivity index (χ3v) is 7.06. The fourth-order valence-electron chi connectivity index (χ4n) is 4.38. The summed E-state index contributed by atoms with van der Waals surface area (Å²) in [5, 5.41) is 73.8. The van der Waals surface area contributed by atoms with E-state index in [0.717, 1.165) is 0 Å². The molecular formula is C20H33B3O11. The second-order valence-corrected chi connectivity index (χ2v) is 9.48. The Balaban J connectivity index is 0.000000180. The Morgan fingerprint density at radius 2 is 1.50 bits per heavy atom. The molecule has 3 saturated heterocycles. The zero-order chi connectivity index (χ0) is 26.2. The van der Waals surface area contributed by atoms with Crippen LogP contribution in [0.1, 0.15) is 13.8 Å². The molecule has 6 radical (unpaired) electrons. The average molecular weight is 482 g/mol. The molecule has 0 spiro atoms. The first-order chi connectivity index (χ1) is 15.6. The molecule has 0 aromatic heterocycles. The molecule has 1 aliphatic carbocycles. The summed E-state index contributed by atoms with van der Waals surface area (Å²) in [5.41, 5.74) is -3.27. The summed E-state index contributed by atoms with van der Waals surface area (Å²) in [6, 6.07) is -1.52. The summed E-state index contributed by atoms with van der Waals surface area (Å²) < 4.78 is 15.1. The van der Waals surface area contributed by atoms with E-state index in [1.54, 1.807) is 0 Å². The van der Waals surface area contributed by atoms with Crippen LogP contribution >= 0.6 is 0 Å². The van der Waals surface area contributed by atoms with Gasteiger partial charge in [-0.05, 0) is 19.7 Å². The second-order valence-electron chi connectivity index (χ2n) is 9.48. The van der Waals surface area contributed by atoms with Crippen LogP contribution in [0.3, 0.4) is 0 Å². The Kier molecular flexibility index (Phi) is 9.49. The molecule has 1 saturated carbocycles. The van der Waals surface area contributed by atoms with Gasteiger partial charge in [-0.3, -0.25) is 0 Å².